The van der Waals surface area contributed by atoms with Gasteiger partial charge in [0, 0.05) is 7.05 Å². The van der Waals surface area contributed by atoms with Crippen LogP contribution in [0.5, 0.6) is 0 Å². The maximum atomic E-state index is 12.1. The average Bonchev–Trinajstić information content (AvgIpc) is 2.15. The summed E-state index contributed by atoms with van der Waals surface area (Å²) in [5.74, 6) is 0.183. The van der Waals surface area contributed by atoms with Gasteiger partial charge < -0.3 is 10.6 Å². The molecular weight excluding hydrogens is 239 g/mol. The van der Waals surface area contributed by atoms with E-state index >= 15 is 0 Å². The van der Waals surface area contributed by atoms with Crippen molar-refractivity contribution >= 4 is 23.0 Å². The van der Waals surface area contributed by atoms with Crippen molar-refractivity contribution in [1.29, 1.82) is 0 Å². The smallest absolute Gasteiger partial charge is 0.388 e. The predicted molar refractivity (Wildman–Crippen MR) is 59.4 cm³/mol. The molecule has 0 aromatic carbocycles. The van der Waals surface area contributed by atoms with Gasteiger partial charge in [0.05, 0.1) is 5.69 Å². The van der Waals surface area contributed by atoms with Crippen LogP contribution in [0.2, 0.25) is 0 Å². The lowest BCUT2D eigenvalue weighted by molar-refractivity contribution is -0.119. The molecule has 1 aromatic heterocycles. The maximum Gasteiger partial charge on any atom is 0.405 e. The van der Waals surface area contributed by atoms with Gasteiger partial charge in [-0.15, -0.1) is 0 Å². The van der Waals surface area contributed by atoms with Crippen molar-refractivity contribution in [3.63, 3.8) is 0 Å². The molecule has 0 aliphatic rings. The van der Waals surface area contributed by atoms with Crippen molar-refractivity contribution < 1.29 is 13.2 Å². The van der Waals surface area contributed by atoms with Gasteiger partial charge in [-0.2, -0.15) is 13.2 Å². The fourth-order valence-corrected chi connectivity index (χ4v) is 1.24. The number of aromatic nitrogens is 1. The number of rotatable bonds is 3. The highest BCUT2D eigenvalue weighted by atomic mass is 32.1. The van der Waals surface area contributed by atoms with Crippen LogP contribution in [0, 0.1) is 0 Å². The molecule has 7 heteroatoms. The predicted octanol–water partition coefficient (Wildman–Crippen LogP) is 1.71. The Morgan fingerprint density at radius 2 is 2.12 bits per heavy atom. The summed E-state index contributed by atoms with van der Waals surface area (Å²) in [4.78, 5) is 4.96. The second-order valence-corrected chi connectivity index (χ2v) is 3.66. The van der Waals surface area contributed by atoms with Crippen molar-refractivity contribution in [3.05, 3.63) is 23.9 Å². The second-order valence-electron chi connectivity index (χ2n) is 3.22. The van der Waals surface area contributed by atoms with Crippen LogP contribution in [0.3, 0.4) is 0 Å². The van der Waals surface area contributed by atoms with Crippen LogP contribution in [0.1, 0.15) is 5.69 Å². The molecule has 3 nitrogen and oxygen atoms in total. The molecule has 1 rings (SSSR count). The topological polar surface area (TPSA) is 42.1 Å². The Bertz CT molecular complexity index is 392. The average molecular weight is 249 g/mol. The highest BCUT2D eigenvalue weighted by molar-refractivity contribution is 7.80. The molecule has 0 fully saturated rings. The Labute approximate surface area is 96.1 Å². The van der Waals surface area contributed by atoms with Crippen LogP contribution in [-0.4, -0.2) is 29.7 Å². The van der Waals surface area contributed by atoms with Crippen molar-refractivity contribution in [3.8, 4) is 0 Å². The molecule has 0 saturated carbocycles. The Morgan fingerprint density at radius 3 is 2.62 bits per heavy atom. The van der Waals surface area contributed by atoms with Crippen LogP contribution < -0.4 is 10.6 Å². The second kappa shape index (κ2) is 4.65. The molecule has 0 unspecified atom stereocenters. The molecule has 1 aromatic rings. The van der Waals surface area contributed by atoms with Crippen LogP contribution in [-0.2, 0) is 0 Å². The zero-order valence-corrected chi connectivity index (χ0v) is 9.27. The van der Waals surface area contributed by atoms with E-state index in [-0.39, 0.29) is 10.8 Å². The fraction of sp³-hybridized carbons (Fsp3) is 0.333. The van der Waals surface area contributed by atoms with Gasteiger partial charge in [0.2, 0.25) is 0 Å². The Balaban J connectivity index is 2.87. The van der Waals surface area contributed by atoms with Crippen molar-refractivity contribution in [1.82, 2.24) is 4.98 Å². The van der Waals surface area contributed by atoms with Gasteiger partial charge in [0.25, 0.3) is 0 Å². The Hall–Kier alpha value is -1.37. The summed E-state index contributed by atoms with van der Waals surface area (Å²) < 4.78 is 36.4. The van der Waals surface area contributed by atoms with Crippen molar-refractivity contribution in [2.45, 2.75) is 6.18 Å². The van der Waals surface area contributed by atoms with Crippen LogP contribution in [0.25, 0.3) is 0 Å². The first kappa shape index (κ1) is 12.7. The van der Waals surface area contributed by atoms with E-state index in [9.17, 15) is 13.2 Å². The van der Waals surface area contributed by atoms with Crippen molar-refractivity contribution in [2.24, 2.45) is 5.73 Å². The van der Waals surface area contributed by atoms with Gasteiger partial charge in [0.1, 0.15) is 17.4 Å². The van der Waals surface area contributed by atoms with Gasteiger partial charge in [0.15, 0.2) is 0 Å². The third kappa shape index (κ3) is 3.65. The molecule has 1 heterocycles. The molecule has 0 aliphatic carbocycles. The molecule has 2 N–H and O–H groups in total. The summed E-state index contributed by atoms with van der Waals surface area (Å²) in [6, 6.07) is 4.57. The van der Waals surface area contributed by atoms with Crippen LogP contribution >= 0.6 is 12.2 Å². The van der Waals surface area contributed by atoms with E-state index in [1.165, 1.54) is 13.1 Å². The zero-order chi connectivity index (χ0) is 12.3. The van der Waals surface area contributed by atoms with E-state index in [2.05, 4.69) is 4.98 Å². The minimum absolute atomic E-state index is 0.0576. The summed E-state index contributed by atoms with van der Waals surface area (Å²) in [6.45, 7) is -1.07. The molecule has 88 valence electrons. The summed E-state index contributed by atoms with van der Waals surface area (Å²) in [5, 5.41) is 0. The minimum Gasteiger partial charge on any atom is -0.388 e. The molecule has 0 atom stereocenters. The number of pyridine rings is 1. The molecule has 0 radical (unpaired) electrons. The summed E-state index contributed by atoms with van der Waals surface area (Å²) in [7, 11) is 1.30. The minimum atomic E-state index is -4.27. The summed E-state index contributed by atoms with van der Waals surface area (Å²) in [5.41, 5.74) is 5.65. The number of hydrogen-bond acceptors (Lipinski definition) is 3. The fourth-order valence-electron chi connectivity index (χ4n) is 1.12. The first-order valence-electron chi connectivity index (χ1n) is 4.34. The summed E-state index contributed by atoms with van der Waals surface area (Å²) in [6.07, 6.45) is -4.27. The van der Waals surface area contributed by atoms with E-state index in [4.69, 9.17) is 18.0 Å². The molecule has 16 heavy (non-hydrogen) atoms. The number of thiocarbonyl (C=S) groups is 1. The third-order valence-electron chi connectivity index (χ3n) is 1.79. The standard InChI is InChI=1S/C9H10F3N3S/c1-15(5-9(10,11)12)7-4-2-3-6(14-7)8(13)16/h2-4H,5H2,1H3,(H2,13,16). The summed E-state index contributed by atoms with van der Waals surface area (Å²) >= 11 is 4.69. The lowest BCUT2D eigenvalue weighted by atomic mass is 10.3. The number of alkyl halides is 3. The molecule has 0 spiro atoms. The lowest BCUT2D eigenvalue weighted by Gasteiger charge is -2.20. The zero-order valence-electron chi connectivity index (χ0n) is 8.45. The molecule has 0 amide bonds. The highest BCUT2D eigenvalue weighted by Crippen LogP contribution is 2.19. The highest BCUT2D eigenvalue weighted by Gasteiger charge is 2.29. The first-order valence-corrected chi connectivity index (χ1v) is 4.75. The number of nitrogens with zero attached hydrogens (tertiary/aromatic N) is 2. The number of halogens is 3. The van der Waals surface area contributed by atoms with Crippen molar-refractivity contribution in [2.75, 3.05) is 18.5 Å². The van der Waals surface area contributed by atoms with Gasteiger partial charge in [-0.3, -0.25) is 0 Å². The van der Waals surface area contributed by atoms with E-state index in [0.29, 0.717) is 5.69 Å². The monoisotopic (exact) mass is 249 g/mol. The van der Waals surface area contributed by atoms with E-state index in [1.54, 1.807) is 12.1 Å². The van der Waals surface area contributed by atoms with Gasteiger partial charge in [-0.1, -0.05) is 18.3 Å². The Morgan fingerprint density at radius 1 is 1.50 bits per heavy atom. The lowest BCUT2D eigenvalue weighted by Crippen LogP contribution is -2.31. The van der Waals surface area contributed by atoms with Crippen LogP contribution in [0.4, 0.5) is 19.0 Å². The molecule has 0 aliphatic heterocycles. The van der Waals surface area contributed by atoms with Crippen LogP contribution in [0.15, 0.2) is 18.2 Å². The number of anilines is 1. The maximum absolute atomic E-state index is 12.1. The Kier molecular flexibility index (Phi) is 3.69. The van der Waals surface area contributed by atoms with Gasteiger partial charge >= 0.3 is 6.18 Å². The van der Waals surface area contributed by atoms with E-state index < -0.39 is 12.7 Å². The van der Waals surface area contributed by atoms with E-state index in [0.717, 1.165) is 4.90 Å². The largest absolute Gasteiger partial charge is 0.405 e. The SMILES string of the molecule is CN(CC(F)(F)F)c1cccc(C(N)=S)n1. The number of nitrogens with two attached hydrogens (primary N) is 1. The number of hydrogen-bond donors (Lipinski definition) is 1. The first-order chi connectivity index (χ1) is 7.29. The quantitative estimate of drug-likeness (QED) is 0.828. The molecule has 0 saturated heterocycles. The molecule has 0 bridgehead atoms. The third-order valence-corrected chi connectivity index (χ3v) is 2.00. The molecular formula is C9H10F3N3S. The van der Waals surface area contributed by atoms with Gasteiger partial charge in [-0.05, 0) is 12.1 Å². The normalized spacial score (nSPS) is 11.2. The van der Waals surface area contributed by atoms with E-state index in [1.807, 2.05) is 0 Å². The van der Waals surface area contributed by atoms with Gasteiger partial charge in [-0.25, -0.2) is 4.98 Å².